The van der Waals surface area contributed by atoms with Crippen molar-refractivity contribution in [2.24, 2.45) is 0 Å². The molecular formula is C22H32N4O5. The lowest BCUT2D eigenvalue weighted by atomic mass is 10.2. The standard InChI is InChI=1S/C22H32N4O5/c1-2-13-31-22(29)18-3-5-19(6-4-18)23-20(27)16-24-7-9-25(10-8-24)17-21(28)26-11-14-30-15-12-26/h3-6H,2,7-17H2,1H3,(H,23,27). The molecular weight excluding hydrogens is 400 g/mol. The van der Waals surface area contributed by atoms with Crippen molar-refractivity contribution in [3.63, 3.8) is 0 Å². The Labute approximate surface area is 183 Å². The summed E-state index contributed by atoms with van der Waals surface area (Å²) in [6, 6.07) is 6.71. The van der Waals surface area contributed by atoms with Crippen LogP contribution in [-0.4, -0.2) is 105 Å². The van der Waals surface area contributed by atoms with Gasteiger partial charge >= 0.3 is 5.97 Å². The fourth-order valence-electron chi connectivity index (χ4n) is 3.58. The highest BCUT2D eigenvalue weighted by atomic mass is 16.5. The lowest BCUT2D eigenvalue weighted by molar-refractivity contribution is -0.137. The van der Waals surface area contributed by atoms with E-state index >= 15 is 0 Å². The molecule has 0 aliphatic carbocycles. The summed E-state index contributed by atoms with van der Waals surface area (Å²) in [4.78, 5) is 42.7. The number of carbonyl (C=O) groups is 3. The first-order chi connectivity index (χ1) is 15.0. The summed E-state index contributed by atoms with van der Waals surface area (Å²) in [7, 11) is 0. The van der Waals surface area contributed by atoms with Crippen molar-refractivity contribution in [1.82, 2.24) is 14.7 Å². The molecule has 1 N–H and O–H groups in total. The molecule has 2 aliphatic rings. The summed E-state index contributed by atoms with van der Waals surface area (Å²) in [5.41, 5.74) is 1.11. The van der Waals surface area contributed by atoms with E-state index in [-0.39, 0.29) is 17.8 Å². The zero-order valence-electron chi connectivity index (χ0n) is 18.2. The van der Waals surface area contributed by atoms with Crippen LogP contribution in [0.5, 0.6) is 0 Å². The Morgan fingerprint density at radius 1 is 0.935 bits per heavy atom. The van der Waals surface area contributed by atoms with Crippen molar-refractivity contribution in [1.29, 1.82) is 0 Å². The zero-order chi connectivity index (χ0) is 22.1. The number of esters is 1. The van der Waals surface area contributed by atoms with Crippen LogP contribution in [0.2, 0.25) is 0 Å². The topological polar surface area (TPSA) is 91.4 Å². The average Bonchev–Trinajstić information content (AvgIpc) is 2.79. The minimum Gasteiger partial charge on any atom is -0.462 e. The Morgan fingerprint density at radius 3 is 2.16 bits per heavy atom. The number of amides is 2. The van der Waals surface area contributed by atoms with Gasteiger partial charge in [-0.25, -0.2) is 4.79 Å². The molecule has 0 spiro atoms. The number of piperazine rings is 1. The van der Waals surface area contributed by atoms with Gasteiger partial charge in [-0.1, -0.05) is 6.92 Å². The second-order valence-electron chi connectivity index (χ2n) is 7.81. The minimum atomic E-state index is -0.357. The van der Waals surface area contributed by atoms with Gasteiger partial charge in [-0.15, -0.1) is 0 Å². The molecule has 0 bridgehead atoms. The van der Waals surface area contributed by atoms with Gasteiger partial charge in [0.2, 0.25) is 11.8 Å². The highest BCUT2D eigenvalue weighted by Crippen LogP contribution is 2.11. The second-order valence-corrected chi connectivity index (χ2v) is 7.81. The third kappa shape index (κ3) is 7.30. The average molecular weight is 433 g/mol. The molecule has 2 heterocycles. The summed E-state index contributed by atoms with van der Waals surface area (Å²) in [5.74, 6) is -0.305. The molecule has 0 radical (unpaired) electrons. The number of nitrogens with zero attached hydrogens (tertiary/aromatic N) is 3. The van der Waals surface area contributed by atoms with Crippen LogP contribution in [0.3, 0.4) is 0 Å². The predicted octanol–water partition coefficient (Wildman–Crippen LogP) is 0.668. The number of anilines is 1. The summed E-state index contributed by atoms with van der Waals surface area (Å²) in [6.07, 6.45) is 0.776. The predicted molar refractivity (Wildman–Crippen MR) is 116 cm³/mol. The van der Waals surface area contributed by atoms with Crippen LogP contribution >= 0.6 is 0 Å². The highest BCUT2D eigenvalue weighted by Gasteiger charge is 2.23. The normalized spacial score (nSPS) is 17.9. The Bertz CT molecular complexity index is 741. The van der Waals surface area contributed by atoms with Gasteiger partial charge in [-0.05, 0) is 30.7 Å². The molecule has 0 unspecified atom stereocenters. The van der Waals surface area contributed by atoms with Gasteiger partial charge in [0.25, 0.3) is 0 Å². The molecule has 1 aromatic carbocycles. The molecule has 2 fully saturated rings. The number of ether oxygens (including phenoxy) is 2. The quantitative estimate of drug-likeness (QED) is 0.604. The van der Waals surface area contributed by atoms with Crippen LogP contribution in [0.1, 0.15) is 23.7 Å². The Balaban J connectivity index is 1.37. The summed E-state index contributed by atoms with van der Waals surface area (Å²) in [5, 5.41) is 2.87. The Morgan fingerprint density at radius 2 is 1.55 bits per heavy atom. The number of benzene rings is 1. The maximum atomic E-state index is 12.4. The van der Waals surface area contributed by atoms with Crippen LogP contribution in [0, 0.1) is 0 Å². The van der Waals surface area contributed by atoms with E-state index in [1.54, 1.807) is 24.3 Å². The fraction of sp³-hybridized carbons (Fsp3) is 0.591. The monoisotopic (exact) mass is 432 g/mol. The van der Waals surface area contributed by atoms with E-state index in [0.717, 1.165) is 32.6 Å². The Kier molecular flexibility index (Phi) is 8.81. The molecule has 31 heavy (non-hydrogen) atoms. The SMILES string of the molecule is CCCOC(=O)c1ccc(NC(=O)CN2CCN(CC(=O)N3CCOCC3)CC2)cc1. The van der Waals surface area contributed by atoms with Crippen LogP contribution in [-0.2, 0) is 19.1 Å². The molecule has 1 aromatic rings. The highest BCUT2D eigenvalue weighted by molar-refractivity contribution is 5.94. The van der Waals surface area contributed by atoms with Gasteiger partial charge in [-0.3, -0.25) is 19.4 Å². The number of morpholine rings is 1. The first-order valence-corrected chi connectivity index (χ1v) is 10.9. The van der Waals surface area contributed by atoms with Crippen molar-refractivity contribution < 1.29 is 23.9 Å². The first-order valence-electron chi connectivity index (χ1n) is 10.9. The Hall–Kier alpha value is -2.49. The molecule has 9 heteroatoms. The summed E-state index contributed by atoms with van der Waals surface area (Å²) < 4.78 is 10.4. The van der Waals surface area contributed by atoms with E-state index in [1.807, 2.05) is 11.8 Å². The third-order valence-corrected chi connectivity index (χ3v) is 5.40. The van der Waals surface area contributed by atoms with E-state index in [0.29, 0.717) is 57.3 Å². The second kappa shape index (κ2) is 11.8. The maximum Gasteiger partial charge on any atom is 0.338 e. The minimum absolute atomic E-state index is 0.0980. The molecule has 2 saturated heterocycles. The lowest BCUT2D eigenvalue weighted by Crippen LogP contribution is -2.52. The smallest absolute Gasteiger partial charge is 0.338 e. The lowest BCUT2D eigenvalue weighted by Gasteiger charge is -2.35. The van der Waals surface area contributed by atoms with E-state index in [4.69, 9.17) is 9.47 Å². The van der Waals surface area contributed by atoms with Crippen LogP contribution < -0.4 is 5.32 Å². The first kappa shape index (κ1) is 23.2. The molecule has 170 valence electrons. The van der Waals surface area contributed by atoms with Gasteiger partial charge in [0.1, 0.15) is 0 Å². The third-order valence-electron chi connectivity index (χ3n) is 5.40. The maximum absolute atomic E-state index is 12.4. The van der Waals surface area contributed by atoms with Crippen LogP contribution in [0.25, 0.3) is 0 Å². The number of hydrogen-bond acceptors (Lipinski definition) is 7. The van der Waals surface area contributed by atoms with Crippen molar-refractivity contribution in [3.05, 3.63) is 29.8 Å². The van der Waals surface area contributed by atoms with E-state index in [1.165, 1.54) is 0 Å². The van der Waals surface area contributed by atoms with Gasteiger partial charge in [0, 0.05) is 45.0 Å². The van der Waals surface area contributed by atoms with Crippen molar-refractivity contribution in [2.45, 2.75) is 13.3 Å². The largest absolute Gasteiger partial charge is 0.462 e. The molecule has 2 aliphatic heterocycles. The van der Waals surface area contributed by atoms with Gasteiger partial charge in [-0.2, -0.15) is 0 Å². The number of nitrogens with one attached hydrogen (secondary N) is 1. The van der Waals surface area contributed by atoms with Gasteiger partial charge in [0.05, 0.1) is 38.5 Å². The number of hydrogen-bond donors (Lipinski definition) is 1. The van der Waals surface area contributed by atoms with Crippen LogP contribution in [0.15, 0.2) is 24.3 Å². The molecule has 0 saturated carbocycles. The number of carbonyl (C=O) groups excluding carboxylic acids is 3. The van der Waals surface area contributed by atoms with Crippen molar-refractivity contribution in [3.8, 4) is 0 Å². The van der Waals surface area contributed by atoms with Crippen LogP contribution in [0.4, 0.5) is 5.69 Å². The molecule has 9 nitrogen and oxygen atoms in total. The molecule has 0 atom stereocenters. The van der Waals surface area contributed by atoms with Gasteiger partial charge < -0.3 is 19.7 Å². The summed E-state index contributed by atoms with van der Waals surface area (Å²) in [6.45, 7) is 8.62. The van der Waals surface area contributed by atoms with Crippen molar-refractivity contribution in [2.75, 3.05) is 77.5 Å². The molecule has 0 aromatic heterocycles. The van der Waals surface area contributed by atoms with E-state index < -0.39 is 0 Å². The van der Waals surface area contributed by atoms with E-state index in [2.05, 4.69) is 15.1 Å². The molecule has 2 amide bonds. The fourth-order valence-corrected chi connectivity index (χ4v) is 3.58. The zero-order valence-corrected chi connectivity index (χ0v) is 18.2. The van der Waals surface area contributed by atoms with Crippen molar-refractivity contribution >= 4 is 23.5 Å². The summed E-state index contributed by atoms with van der Waals surface area (Å²) >= 11 is 0. The van der Waals surface area contributed by atoms with Gasteiger partial charge in [0.15, 0.2) is 0 Å². The number of rotatable bonds is 8. The molecule has 3 rings (SSSR count). The van der Waals surface area contributed by atoms with E-state index in [9.17, 15) is 14.4 Å².